The summed E-state index contributed by atoms with van der Waals surface area (Å²) in [6.45, 7) is 5.39. The molecule has 2 unspecified atom stereocenters. The minimum atomic E-state index is -4.48. The van der Waals surface area contributed by atoms with Crippen LogP contribution in [0.15, 0.2) is 42.7 Å². The van der Waals surface area contributed by atoms with E-state index in [9.17, 15) is 18.0 Å². The number of carbonyl (C=O) groups excluding carboxylic acids is 1. The van der Waals surface area contributed by atoms with Crippen LogP contribution in [0.5, 0.6) is 0 Å². The van der Waals surface area contributed by atoms with Crippen LogP contribution in [0.3, 0.4) is 0 Å². The van der Waals surface area contributed by atoms with Crippen molar-refractivity contribution in [2.75, 3.05) is 6.54 Å². The van der Waals surface area contributed by atoms with Crippen LogP contribution in [0, 0.1) is 11.3 Å². The molecule has 3 heterocycles. The molecule has 2 atom stereocenters. The lowest BCUT2D eigenvalue weighted by atomic mass is 9.76. The maximum atomic E-state index is 13.5. The first-order valence-corrected chi connectivity index (χ1v) is 12.0. The Morgan fingerprint density at radius 3 is 2.74 bits per heavy atom. The maximum Gasteiger partial charge on any atom is 0.433 e. The van der Waals surface area contributed by atoms with E-state index in [0.717, 1.165) is 61.2 Å². The molecule has 1 N–H and O–H groups in total. The van der Waals surface area contributed by atoms with E-state index in [1.165, 1.54) is 6.20 Å². The quantitative estimate of drug-likeness (QED) is 0.406. The fourth-order valence-electron chi connectivity index (χ4n) is 5.09. The molecule has 0 aliphatic carbocycles. The van der Waals surface area contributed by atoms with Crippen molar-refractivity contribution in [1.29, 1.82) is 0 Å². The summed E-state index contributed by atoms with van der Waals surface area (Å²) in [7, 11) is 0. The Labute approximate surface area is 197 Å². The number of hydrogen-bond donors (Lipinski definition) is 1. The van der Waals surface area contributed by atoms with E-state index >= 15 is 0 Å². The van der Waals surface area contributed by atoms with Crippen molar-refractivity contribution in [2.24, 2.45) is 11.3 Å². The monoisotopic (exact) mass is 472 g/mol. The van der Waals surface area contributed by atoms with Crippen molar-refractivity contribution < 1.29 is 18.0 Å². The Bertz CT molecular complexity index is 1140. The van der Waals surface area contributed by atoms with Gasteiger partial charge in [-0.3, -0.25) is 4.79 Å². The third kappa shape index (κ3) is 4.95. The van der Waals surface area contributed by atoms with Crippen molar-refractivity contribution in [1.82, 2.24) is 19.9 Å². The SMILES string of the molecule is CCC(CCC1(CC)CCN(Cc2c[nH]c3ccccc23)C1=O)Cc1nccc(C(F)(F)F)n1. The van der Waals surface area contributed by atoms with E-state index in [0.29, 0.717) is 13.0 Å². The van der Waals surface area contributed by atoms with Crippen molar-refractivity contribution >= 4 is 16.8 Å². The van der Waals surface area contributed by atoms with E-state index in [4.69, 9.17) is 0 Å². The zero-order chi connectivity index (χ0) is 24.3. The van der Waals surface area contributed by atoms with Crippen molar-refractivity contribution in [3.8, 4) is 0 Å². The number of nitrogens with zero attached hydrogens (tertiary/aromatic N) is 3. The highest BCUT2D eigenvalue weighted by molar-refractivity contribution is 5.86. The number of fused-ring (bicyclic) bond motifs is 1. The molecule has 0 bridgehead atoms. The molecule has 1 aliphatic rings. The summed E-state index contributed by atoms with van der Waals surface area (Å²) in [5.41, 5.74) is 0.863. The van der Waals surface area contributed by atoms with Gasteiger partial charge in [-0.2, -0.15) is 13.2 Å². The summed E-state index contributed by atoms with van der Waals surface area (Å²) in [4.78, 5) is 26.5. The molecule has 3 aromatic rings. The number of carbonyl (C=O) groups is 1. The summed E-state index contributed by atoms with van der Waals surface area (Å²) in [6.07, 6.45) is 2.91. The molecule has 1 fully saturated rings. The maximum absolute atomic E-state index is 13.5. The molecule has 2 aromatic heterocycles. The number of likely N-dealkylation sites (tertiary alicyclic amines) is 1. The normalized spacial score (nSPS) is 19.8. The largest absolute Gasteiger partial charge is 0.433 e. The Morgan fingerprint density at radius 2 is 2.00 bits per heavy atom. The van der Waals surface area contributed by atoms with Crippen LogP contribution in [0.4, 0.5) is 13.2 Å². The highest BCUT2D eigenvalue weighted by Crippen LogP contribution is 2.42. The van der Waals surface area contributed by atoms with Crippen LogP contribution < -0.4 is 0 Å². The highest BCUT2D eigenvalue weighted by atomic mass is 19.4. The first-order chi connectivity index (χ1) is 16.3. The minimum Gasteiger partial charge on any atom is -0.361 e. The van der Waals surface area contributed by atoms with E-state index in [1.54, 1.807) is 0 Å². The van der Waals surface area contributed by atoms with E-state index in [1.807, 2.05) is 36.2 Å². The molecule has 8 heteroatoms. The van der Waals surface area contributed by atoms with Crippen LogP contribution in [0.2, 0.25) is 0 Å². The second kappa shape index (κ2) is 9.76. The number of benzene rings is 1. The van der Waals surface area contributed by atoms with Gasteiger partial charge in [0.15, 0.2) is 0 Å². The van der Waals surface area contributed by atoms with Gasteiger partial charge in [0.05, 0.1) is 5.41 Å². The predicted octanol–water partition coefficient (Wildman–Crippen LogP) is 6.15. The molecule has 0 radical (unpaired) electrons. The van der Waals surface area contributed by atoms with Gasteiger partial charge in [0.25, 0.3) is 0 Å². The molecule has 4 rings (SSSR count). The van der Waals surface area contributed by atoms with E-state index in [2.05, 4.69) is 27.9 Å². The topological polar surface area (TPSA) is 61.9 Å². The molecular formula is C26H31F3N4O. The Morgan fingerprint density at radius 1 is 1.21 bits per heavy atom. The van der Waals surface area contributed by atoms with Gasteiger partial charge in [0.2, 0.25) is 5.91 Å². The third-order valence-electron chi connectivity index (χ3n) is 7.39. The lowest BCUT2D eigenvalue weighted by molar-refractivity contribution is -0.141. The first kappa shape index (κ1) is 24.2. The van der Waals surface area contributed by atoms with Gasteiger partial charge in [-0.15, -0.1) is 0 Å². The number of rotatable bonds is 9. The first-order valence-electron chi connectivity index (χ1n) is 12.0. The molecule has 34 heavy (non-hydrogen) atoms. The van der Waals surface area contributed by atoms with Crippen LogP contribution in [-0.4, -0.2) is 32.3 Å². The molecule has 182 valence electrons. The number of H-pyrrole nitrogens is 1. The lowest BCUT2D eigenvalue weighted by Crippen LogP contribution is -2.34. The molecule has 1 aromatic carbocycles. The Balaban J connectivity index is 1.41. The van der Waals surface area contributed by atoms with Gasteiger partial charge in [0.1, 0.15) is 11.5 Å². The van der Waals surface area contributed by atoms with Gasteiger partial charge in [-0.1, -0.05) is 38.5 Å². The second-order valence-corrected chi connectivity index (χ2v) is 9.34. The van der Waals surface area contributed by atoms with Crippen LogP contribution in [-0.2, 0) is 23.9 Å². The zero-order valence-corrected chi connectivity index (χ0v) is 19.7. The summed E-state index contributed by atoms with van der Waals surface area (Å²) < 4.78 is 39.0. The lowest BCUT2D eigenvalue weighted by Gasteiger charge is -2.28. The summed E-state index contributed by atoms with van der Waals surface area (Å²) >= 11 is 0. The number of aromatic amines is 1. The highest BCUT2D eigenvalue weighted by Gasteiger charge is 2.45. The number of alkyl halides is 3. The average molecular weight is 473 g/mol. The number of nitrogens with one attached hydrogen (secondary N) is 1. The Hall–Kier alpha value is -2.90. The number of hydrogen-bond acceptors (Lipinski definition) is 3. The minimum absolute atomic E-state index is 0.127. The Kier molecular flexibility index (Phi) is 6.96. The number of aromatic nitrogens is 3. The van der Waals surface area contributed by atoms with Crippen molar-refractivity contribution in [2.45, 2.75) is 65.1 Å². The number of halogens is 3. The molecule has 0 saturated carbocycles. The fourth-order valence-corrected chi connectivity index (χ4v) is 5.09. The van der Waals surface area contributed by atoms with Gasteiger partial charge >= 0.3 is 6.18 Å². The molecule has 1 saturated heterocycles. The number of para-hydroxylation sites is 1. The van der Waals surface area contributed by atoms with Crippen LogP contribution >= 0.6 is 0 Å². The predicted molar refractivity (Wildman–Crippen MR) is 125 cm³/mol. The van der Waals surface area contributed by atoms with Crippen molar-refractivity contribution in [3.63, 3.8) is 0 Å². The standard InChI is InChI=1S/C26H31F3N4O/c1-3-18(15-23-30-13-10-22(32-23)26(27,28)29)9-11-25(4-2)12-14-33(24(25)34)17-19-16-31-21-8-6-5-7-20(19)21/h5-8,10,13,16,18,31H,3-4,9,11-12,14-15,17H2,1-2H3. The van der Waals surface area contributed by atoms with Gasteiger partial charge < -0.3 is 9.88 Å². The van der Waals surface area contributed by atoms with Gasteiger partial charge in [0, 0.05) is 42.8 Å². The van der Waals surface area contributed by atoms with Gasteiger partial charge in [-0.25, -0.2) is 9.97 Å². The summed E-state index contributed by atoms with van der Waals surface area (Å²) in [5.74, 6) is 0.527. The molecule has 1 amide bonds. The zero-order valence-electron chi connectivity index (χ0n) is 19.7. The molecule has 1 aliphatic heterocycles. The summed E-state index contributed by atoms with van der Waals surface area (Å²) in [6, 6.07) is 8.98. The molecule has 0 spiro atoms. The smallest absolute Gasteiger partial charge is 0.361 e. The second-order valence-electron chi connectivity index (χ2n) is 9.34. The van der Waals surface area contributed by atoms with Crippen LogP contribution in [0.1, 0.15) is 63.0 Å². The molecule has 5 nitrogen and oxygen atoms in total. The van der Waals surface area contributed by atoms with Crippen molar-refractivity contribution in [3.05, 3.63) is 59.8 Å². The van der Waals surface area contributed by atoms with Crippen LogP contribution in [0.25, 0.3) is 10.9 Å². The molecular weight excluding hydrogens is 441 g/mol. The van der Waals surface area contributed by atoms with E-state index in [-0.39, 0.29) is 17.6 Å². The third-order valence-corrected chi connectivity index (χ3v) is 7.39. The fraction of sp³-hybridized carbons (Fsp3) is 0.500. The van der Waals surface area contributed by atoms with Gasteiger partial charge in [-0.05, 0) is 49.3 Å². The average Bonchev–Trinajstić information content (AvgIpc) is 3.38. The van der Waals surface area contributed by atoms with E-state index < -0.39 is 17.3 Å². The summed E-state index contributed by atoms with van der Waals surface area (Å²) in [5, 5.41) is 1.14. The number of amides is 1.